The van der Waals surface area contributed by atoms with Gasteiger partial charge in [-0.15, -0.1) is 0 Å². The highest BCUT2D eigenvalue weighted by molar-refractivity contribution is 7.80. The molecule has 0 amide bonds. The highest BCUT2D eigenvalue weighted by Gasteiger charge is 2.33. The molecule has 0 aromatic heterocycles. The fourth-order valence-electron chi connectivity index (χ4n) is 1.81. The zero-order valence-corrected chi connectivity index (χ0v) is 13.9. The second-order valence-corrected chi connectivity index (χ2v) is 5.81. The first-order chi connectivity index (χ1) is 10.8. The third kappa shape index (κ3) is 4.99. The van der Waals surface area contributed by atoms with Gasteiger partial charge in [-0.25, -0.2) is 0 Å². The van der Waals surface area contributed by atoms with Crippen LogP contribution < -0.4 is 10.6 Å². The lowest BCUT2D eigenvalue weighted by Crippen LogP contribution is -2.28. The van der Waals surface area contributed by atoms with Gasteiger partial charge in [0, 0.05) is 17.3 Å². The maximum absolute atomic E-state index is 12.8. The van der Waals surface area contributed by atoms with Gasteiger partial charge in [-0.1, -0.05) is 41.4 Å². The normalized spacial score (nSPS) is 11.2. The van der Waals surface area contributed by atoms with Gasteiger partial charge in [-0.3, -0.25) is 0 Å². The molecule has 0 atom stereocenters. The number of anilines is 1. The molecule has 8 heteroatoms. The Kier molecular flexibility index (Phi) is 5.73. The smallest absolute Gasteiger partial charge is 0.358 e. The summed E-state index contributed by atoms with van der Waals surface area (Å²) >= 11 is 16.6. The minimum atomic E-state index is -4.53. The molecule has 0 spiro atoms. The minimum absolute atomic E-state index is 0.181. The number of hydrogen-bond donors (Lipinski definition) is 2. The largest absolute Gasteiger partial charge is 0.417 e. The van der Waals surface area contributed by atoms with E-state index in [1.54, 1.807) is 12.1 Å². The summed E-state index contributed by atoms with van der Waals surface area (Å²) in [6.07, 6.45) is -4.53. The molecule has 0 heterocycles. The van der Waals surface area contributed by atoms with Crippen LogP contribution in [-0.2, 0) is 12.7 Å². The molecule has 2 rings (SSSR count). The lowest BCUT2D eigenvalue weighted by Gasteiger charge is -2.14. The molecule has 0 aliphatic carbocycles. The van der Waals surface area contributed by atoms with Crippen LogP contribution in [0.15, 0.2) is 42.5 Å². The van der Waals surface area contributed by atoms with E-state index in [1.165, 1.54) is 12.1 Å². The van der Waals surface area contributed by atoms with Crippen molar-refractivity contribution in [2.24, 2.45) is 0 Å². The first-order valence-corrected chi connectivity index (χ1v) is 7.59. The van der Waals surface area contributed by atoms with Crippen molar-refractivity contribution in [3.05, 3.63) is 63.6 Å². The second kappa shape index (κ2) is 7.38. The number of hydrogen-bond acceptors (Lipinski definition) is 1. The van der Waals surface area contributed by atoms with E-state index in [1.807, 2.05) is 12.1 Å². The fourth-order valence-corrected chi connectivity index (χ4v) is 2.43. The van der Waals surface area contributed by atoms with Crippen LogP contribution in [0.1, 0.15) is 11.1 Å². The fraction of sp³-hybridized carbons (Fsp3) is 0.133. The topological polar surface area (TPSA) is 24.1 Å². The summed E-state index contributed by atoms with van der Waals surface area (Å²) in [5.41, 5.74) is 0.0989. The lowest BCUT2D eigenvalue weighted by atomic mass is 10.2. The molecular weight excluding hydrogens is 368 g/mol. The summed E-state index contributed by atoms with van der Waals surface area (Å²) in [5, 5.41) is 5.97. The van der Waals surface area contributed by atoms with Crippen LogP contribution in [0, 0.1) is 0 Å². The summed E-state index contributed by atoms with van der Waals surface area (Å²) in [7, 11) is 0. The van der Waals surface area contributed by atoms with Gasteiger partial charge in [-0.2, -0.15) is 13.2 Å². The molecule has 0 aliphatic rings. The Morgan fingerprint density at radius 2 is 1.74 bits per heavy atom. The number of alkyl halides is 3. The molecule has 2 aromatic carbocycles. The van der Waals surface area contributed by atoms with Crippen molar-refractivity contribution in [1.82, 2.24) is 5.32 Å². The van der Waals surface area contributed by atoms with Crippen molar-refractivity contribution < 1.29 is 13.2 Å². The molecule has 0 aliphatic heterocycles. The molecule has 0 bridgehead atoms. The third-order valence-corrected chi connectivity index (χ3v) is 3.87. The third-order valence-electron chi connectivity index (χ3n) is 2.93. The molecule has 23 heavy (non-hydrogen) atoms. The van der Waals surface area contributed by atoms with Crippen LogP contribution in [0.4, 0.5) is 18.9 Å². The summed E-state index contributed by atoms with van der Waals surface area (Å²) in [6, 6.07) is 10.7. The molecule has 0 fully saturated rings. The SMILES string of the molecule is FC(F)(F)c1cc(NC(=S)NCc2ccccc2Cl)ccc1Cl. The number of halogens is 5. The Morgan fingerprint density at radius 1 is 1.04 bits per heavy atom. The van der Waals surface area contributed by atoms with Crippen molar-refractivity contribution in [1.29, 1.82) is 0 Å². The number of thiocarbonyl (C=S) groups is 1. The number of nitrogens with one attached hydrogen (secondary N) is 2. The molecular formula is C15H11Cl2F3N2S. The molecule has 0 unspecified atom stereocenters. The van der Waals surface area contributed by atoms with Gasteiger partial charge in [0.1, 0.15) is 0 Å². The Morgan fingerprint density at radius 3 is 2.39 bits per heavy atom. The molecule has 122 valence electrons. The first kappa shape index (κ1) is 17.8. The average Bonchev–Trinajstić information content (AvgIpc) is 2.47. The zero-order chi connectivity index (χ0) is 17.0. The maximum atomic E-state index is 12.8. The Bertz CT molecular complexity index is 720. The van der Waals surface area contributed by atoms with Gasteiger partial charge >= 0.3 is 6.18 Å². The number of rotatable bonds is 3. The van der Waals surface area contributed by atoms with E-state index < -0.39 is 11.7 Å². The van der Waals surface area contributed by atoms with Crippen molar-refractivity contribution in [2.45, 2.75) is 12.7 Å². The highest BCUT2D eigenvalue weighted by atomic mass is 35.5. The van der Waals surface area contributed by atoms with Crippen LogP contribution in [0.5, 0.6) is 0 Å². The van der Waals surface area contributed by atoms with E-state index in [2.05, 4.69) is 10.6 Å². The summed E-state index contributed by atoms with van der Waals surface area (Å²) in [4.78, 5) is 0. The Hall–Kier alpha value is -1.50. The standard InChI is InChI=1S/C15H11Cl2F3N2S/c16-12-4-2-1-3-9(12)8-21-14(23)22-10-5-6-13(17)11(7-10)15(18,19)20/h1-7H,8H2,(H2,21,22,23). The van der Waals surface area contributed by atoms with Crippen molar-refractivity contribution >= 4 is 46.2 Å². The molecule has 0 saturated heterocycles. The van der Waals surface area contributed by atoms with Crippen LogP contribution in [0.2, 0.25) is 10.0 Å². The van der Waals surface area contributed by atoms with E-state index in [9.17, 15) is 13.2 Å². The Balaban J connectivity index is 2.02. The molecule has 2 nitrogen and oxygen atoms in total. The van der Waals surface area contributed by atoms with E-state index >= 15 is 0 Å². The average molecular weight is 379 g/mol. The molecule has 0 radical (unpaired) electrons. The maximum Gasteiger partial charge on any atom is 0.417 e. The van der Waals surface area contributed by atoms with Crippen molar-refractivity contribution in [2.75, 3.05) is 5.32 Å². The molecule has 0 saturated carbocycles. The van der Waals surface area contributed by atoms with Gasteiger partial charge in [-0.05, 0) is 42.0 Å². The van der Waals surface area contributed by atoms with E-state index in [0.717, 1.165) is 11.6 Å². The predicted octanol–water partition coefficient (Wildman–Crippen LogP) is 5.50. The van der Waals surface area contributed by atoms with Crippen LogP contribution in [0.25, 0.3) is 0 Å². The van der Waals surface area contributed by atoms with E-state index in [0.29, 0.717) is 11.6 Å². The quantitative estimate of drug-likeness (QED) is 0.689. The predicted molar refractivity (Wildman–Crippen MR) is 91.0 cm³/mol. The summed E-state index contributed by atoms with van der Waals surface area (Å²) in [5.74, 6) is 0. The summed E-state index contributed by atoms with van der Waals surface area (Å²) < 4.78 is 38.4. The van der Waals surface area contributed by atoms with Crippen LogP contribution in [-0.4, -0.2) is 5.11 Å². The second-order valence-electron chi connectivity index (χ2n) is 4.59. The number of benzene rings is 2. The van der Waals surface area contributed by atoms with Gasteiger partial charge in [0.2, 0.25) is 0 Å². The van der Waals surface area contributed by atoms with Crippen LogP contribution >= 0.6 is 35.4 Å². The summed E-state index contributed by atoms with van der Waals surface area (Å²) in [6.45, 7) is 0.352. The van der Waals surface area contributed by atoms with Gasteiger partial charge < -0.3 is 10.6 Å². The van der Waals surface area contributed by atoms with Crippen molar-refractivity contribution in [3.63, 3.8) is 0 Å². The van der Waals surface area contributed by atoms with Crippen LogP contribution in [0.3, 0.4) is 0 Å². The molecule has 2 N–H and O–H groups in total. The zero-order valence-electron chi connectivity index (χ0n) is 11.5. The van der Waals surface area contributed by atoms with Gasteiger partial charge in [0.25, 0.3) is 0 Å². The lowest BCUT2D eigenvalue weighted by molar-refractivity contribution is -0.137. The monoisotopic (exact) mass is 378 g/mol. The van der Waals surface area contributed by atoms with E-state index in [-0.39, 0.29) is 15.8 Å². The van der Waals surface area contributed by atoms with Crippen molar-refractivity contribution in [3.8, 4) is 0 Å². The van der Waals surface area contributed by atoms with Gasteiger partial charge in [0.15, 0.2) is 5.11 Å². The minimum Gasteiger partial charge on any atom is -0.358 e. The van der Waals surface area contributed by atoms with E-state index in [4.69, 9.17) is 35.4 Å². The molecule has 2 aromatic rings. The first-order valence-electron chi connectivity index (χ1n) is 6.42. The van der Waals surface area contributed by atoms with Gasteiger partial charge in [0.05, 0.1) is 10.6 Å². The highest BCUT2D eigenvalue weighted by Crippen LogP contribution is 2.36. The Labute approximate surface area is 146 Å².